The molecule has 5 nitrogen and oxygen atoms in total. The predicted molar refractivity (Wildman–Crippen MR) is 87.7 cm³/mol. The van der Waals surface area contributed by atoms with Gasteiger partial charge >= 0.3 is 0 Å². The topological polar surface area (TPSA) is 75.9 Å². The lowest BCUT2D eigenvalue weighted by Crippen LogP contribution is -2.14. The number of benzene rings is 1. The molecule has 1 heterocycles. The van der Waals surface area contributed by atoms with Crippen LogP contribution in [0.25, 0.3) is 0 Å². The lowest BCUT2D eigenvalue weighted by Gasteiger charge is -2.19. The van der Waals surface area contributed by atoms with Crippen LogP contribution in [0.5, 0.6) is 0 Å². The van der Waals surface area contributed by atoms with Crippen LogP contribution in [-0.2, 0) is 0 Å². The smallest absolute Gasteiger partial charge is 0.148 e. The monoisotopic (exact) mass is 285 g/mol. The number of nitrogens with one attached hydrogen (secondary N) is 2. The molecule has 21 heavy (non-hydrogen) atoms. The number of hydrazine groups is 1. The van der Waals surface area contributed by atoms with E-state index in [1.807, 2.05) is 6.07 Å². The zero-order valence-corrected chi connectivity index (χ0v) is 13.0. The van der Waals surface area contributed by atoms with Gasteiger partial charge in [-0.15, -0.1) is 0 Å². The summed E-state index contributed by atoms with van der Waals surface area (Å²) in [6.07, 6.45) is 1.52. The molecule has 0 spiro atoms. The van der Waals surface area contributed by atoms with E-state index in [-0.39, 0.29) is 5.92 Å². The van der Waals surface area contributed by atoms with Gasteiger partial charge in [-0.1, -0.05) is 45.9 Å². The largest absolute Gasteiger partial charge is 0.340 e. The highest BCUT2D eigenvalue weighted by atomic mass is 15.3. The van der Waals surface area contributed by atoms with Crippen molar-refractivity contribution in [3.8, 4) is 0 Å². The van der Waals surface area contributed by atoms with Crippen LogP contribution in [0.4, 0.5) is 17.3 Å². The maximum absolute atomic E-state index is 5.56. The zero-order chi connectivity index (χ0) is 15.4. The van der Waals surface area contributed by atoms with Crippen LogP contribution in [0.1, 0.15) is 50.7 Å². The Morgan fingerprint density at radius 1 is 0.952 bits per heavy atom. The number of nitrogens with two attached hydrogens (primary N) is 1. The van der Waals surface area contributed by atoms with Crippen LogP contribution >= 0.6 is 0 Å². The number of rotatable bonds is 5. The van der Waals surface area contributed by atoms with E-state index in [2.05, 4.69) is 66.6 Å². The maximum Gasteiger partial charge on any atom is 0.148 e. The van der Waals surface area contributed by atoms with Crippen molar-refractivity contribution < 1.29 is 0 Å². The summed E-state index contributed by atoms with van der Waals surface area (Å²) in [6, 6.07) is 8.27. The van der Waals surface area contributed by atoms with E-state index in [1.54, 1.807) is 0 Å². The number of nitrogens with zero attached hydrogens (tertiary/aromatic N) is 2. The van der Waals surface area contributed by atoms with E-state index >= 15 is 0 Å². The van der Waals surface area contributed by atoms with Crippen molar-refractivity contribution in [1.29, 1.82) is 0 Å². The standard InChI is InChI=1S/C16H23N5/c1-10(2)12-7-5-6-8-13(12)20-15-14(11(3)4)16(21-17)19-9-18-15/h5-11H,17H2,1-4H3,(H2,18,19,20,21). The van der Waals surface area contributed by atoms with E-state index in [9.17, 15) is 0 Å². The van der Waals surface area contributed by atoms with Gasteiger partial charge in [0.15, 0.2) is 0 Å². The molecule has 0 aliphatic carbocycles. The van der Waals surface area contributed by atoms with Crippen molar-refractivity contribution in [2.75, 3.05) is 10.7 Å². The number of nitrogen functional groups attached to an aromatic ring is 1. The fourth-order valence-corrected chi connectivity index (χ4v) is 2.40. The molecule has 4 N–H and O–H groups in total. The van der Waals surface area contributed by atoms with Crippen LogP contribution in [0.3, 0.4) is 0 Å². The summed E-state index contributed by atoms with van der Waals surface area (Å²) in [7, 11) is 0. The Morgan fingerprint density at radius 3 is 2.24 bits per heavy atom. The van der Waals surface area contributed by atoms with Crippen molar-refractivity contribution in [1.82, 2.24) is 9.97 Å². The average molecular weight is 285 g/mol. The van der Waals surface area contributed by atoms with E-state index < -0.39 is 0 Å². The fourth-order valence-electron chi connectivity index (χ4n) is 2.40. The molecule has 0 bridgehead atoms. The molecule has 0 aliphatic heterocycles. The van der Waals surface area contributed by atoms with Crippen molar-refractivity contribution in [3.05, 3.63) is 41.7 Å². The van der Waals surface area contributed by atoms with Gasteiger partial charge in [-0.25, -0.2) is 15.8 Å². The van der Waals surface area contributed by atoms with E-state index in [0.717, 1.165) is 17.1 Å². The predicted octanol–water partition coefficient (Wildman–Crippen LogP) is 3.75. The maximum atomic E-state index is 5.56. The highest BCUT2D eigenvalue weighted by molar-refractivity contribution is 5.68. The first-order valence-electron chi connectivity index (χ1n) is 7.22. The van der Waals surface area contributed by atoms with Gasteiger partial charge in [0.2, 0.25) is 0 Å². The van der Waals surface area contributed by atoms with Gasteiger partial charge in [-0.05, 0) is 23.5 Å². The molecule has 2 rings (SSSR count). The third-order valence-corrected chi connectivity index (χ3v) is 3.43. The van der Waals surface area contributed by atoms with Crippen molar-refractivity contribution in [2.45, 2.75) is 39.5 Å². The Hall–Kier alpha value is -2.14. The summed E-state index contributed by atoms with van der Waals surface area (Å²) < 4.78 is 0. The van der Waals surface area contributed by atoms with Crippen LogP contribution in [0.15, 0.2) is 30.6 Å². The Morgan fingerprint density at radius 2 is 1.62 bits per heavy atom. The Balaban J connectivity index is 2.45. The molecule has 0 saturated carbocycles. The molecule has 1 aromatic carbocycles. The summed E-state index contributed by atoms with van der Waals surface area (Å²) in [5.74, 6) is 7.70. The first-order chi connectivity index (χ1) is 10.0. The summed E-state index contributed by atoms with van der Waals surface area (Å²) in [5.41, 5.74) is 5.96. The minimum atomic E-state index is 0.256. The number of aromatic nitrogens is 2. The third kappa shape index (κ3) is 3.31. The van der Waals surface area contributed by atoms with Crippen LogP contribution < -0.4 is 16.6 Å². The molecule has 0 atom stereocenters. The van der Waals surface area contributed by atoms with Gasteiger partial charge in [0.05, 0.1) is 0 Å². The lowest BCUT2D eigenvalue weighted by atomic mass is 10.0. The molecule has 0 unspecified atom stereocenters. The average Bonchev–Trinajstić information content (AvgIpc) is 2.47. The van der Waals surface area contributed by atoms with Gasteiger partial charge in [-0.3, -0.25) is 0 Å². The van der Waals surface area contributed by atoms with E-state index in [4.69, 9.17) is 5.84 Å². The molecule has 112 valence electrons. The van der Waals surface area contributed by atoms with Crippen LogP contribution in [0.2, 0.25) is 0 Å². The zero-order valence-electron chi connectivity index (χ0n) is 13.0. The number of anilines is 3. The second-order valence-electron chi connectivity index (χ2n) is 5.65. The second kappa shape index (κ2) is 6.54. The summed E-state index contributed by atoms with van der Waals surface area (Å²) in [4.78, 5) is 8.58. The highest BCUT2D eigenvalue weighted by Gasteiger charge is 2.16. The molecule has 5 heteroatoms. The lowest BCUT2D eigenvalue weighted by molar-refractivity contribution is 0.847. The molecular formula is C16H23N5. The summed E-state index contributed by atoms with van der Waals surface area (Å²) >= 11 is 0. The van der Waals surface area contributed by atoms with Crippen molar-refractivity contribution in [3.63, 3.8) is 0 Å². The minimum Gasteiger partial charge on any atom is -0.340 e. The SMILES string of the molecule is CC(C)c1ccccc1Nc1ncnc(NN)c1C(C)C. The number of para-hydroxylation sites is 1. The number of hydrogen-bond donors (Lipinski definition) is 3. The highest BCUT2D eigenvalue weighted by Crippen LogP contribution is 2.32. The second-order valence-corrected chi connectivity index (χ2v) is 5.65. The molecule has 2 aromatic rings. The van der Waals surface area contributed by atoms with Gasteiger partial charge < -0.3 is 10.7 Å². The van der Waals surface area contributed by atoms with E-state index in [0.29, 0.717) is 11.7 Å². The Kier molecular flexibility index (Phi) is 4.75. The first kappa shape index (κ1) is 15.3. The summed E-state index contributed by atoms with van der Waals surface area (Å²) in [5, 5.41) is 3.43. The summed E-state index contributed by atoms with van der Waals surface area (Å²) in [6.45, 7) is 8.55. The molecule has 0 saturated heterocycles. The van der Waals surface area contributed by atoms with Crippen molar-refractivity contribution in [2.24, 2.45) is 5.84 Å². The number of hydrogen-bond acceptors (Lipinski definition) is 5. The van der Waals surface area contributed by atoms with Gasteiger partial charge in [0.1, 0.15) is 18.0 Å². The normalized spacial score (nSPS) is 11.0. The molecule has 1 aromatic heterocycles. The van der Waals surface area contributed by atoms with Gasteiger partial charge in [-0.2, -0.15) is 0 Å². The molecular weight excluding hydrogens is 262 g/mol. The van der Waals surface area contributed by atoms with Crippen LogP contribution in [-0.4, -0.2) is 9.97 Å². The Labute approximate surface area is 126 Å². The van der Waals surface area contributed by atoms with Crippen molar-refractivity contribution >= 4 is 17.3 Å². The molecule has 0 fully saturated rings. The Bertz CT molecular complexity index is 607. The van der Waals surface area contributed by atoms with Crippen LogP contribution in [0, 0.1) is 0 Å². The first-order valence-corrected chi connectivity index (χ1v) is 7.22. The molecule has 0 amide bonds. The molecule has 0 aliphatic rings. The van der Waals surface area contributed by atoms with Gasteiger partial charge in [0.25, 0.3) is 0 Å². The molecule has 0 radical (unpaired) electrons. The third-order valence-electron chi connectivity index (χ3n) is 3.43. The fraction of sp³-hybridized carbons (Fsp3) is 0.375. The van der Waals surface area contributed by atoms with Gasteiger partial charge in [0, 0.05) is 11.3 Å². The van der Waals surface area contributed by atoms with E-state index in [1.165, 1.54) is 11.9 Å². The minimum absolute atomic E-state index is 0.256. The quantitative estimate of drug-likeness (QED) is 0.576.